The lowest BCUT2D eigenvalue weighted by atomic mass is 9.80. The van der Waals surface area contributed by atoms with Crippen LogP contribution in [0, 0.1) is 5.92 Å². The molecule has 4 aliphatic heterocycles. The summed E-state index contributed by atoms with van der Waals surface area (Å²) in [7, 11) is 3.39. The minimum atomic E-state index is -1.26. The highest BCUT2D eigenvalue weighted by Crippen LogP contribution is 2.40. The number of ether oxygens (including phenoxy) is 2. The van der Waals surface area contributed by atoms with Crippen LogP contribution in [-0.4, -0.2) is 91.5 Å². The maximum atomic E-state index is 13.5. The van der Waals surface area contributed by atoms with Gasteiger partial charge < -0.3 is 24.4 Å². The first-order chi connectivity index (χ1) is 14.0. The Bertz CT molecular complexity index is 675. The molecule has 1 saturated carbocycles. The third kappa shape index (κ3) is 2.94. The molecule has 1 aliphatic carbocycles. The zero-order chi connectivity index (χ0) is 20.3. The van der Waals surface area contributed by atoms with Gasteiger partial charge in [-0.2, -0.15) is 0 Å². The summed E-state index contributed by atoms with van der Waals surface area (Å²) in [6.45, 7) is 1.59. The van der Waals surface area contributed by atoms with E-state index in [1.54, 1.807) is 14.2 Å². The molecular weight excluding hydrogens is 374 g/mol. The average molecular weight is 408 g/mol. The van der Waals surface area contributed by atoms with E-state index in [4.69, 9.17) is 9.47 Å². The maximum absolute atomic E-state index is 13.5. The van der Waals surface area contributed by atoms with Crippen molar-refractivity contribution in [1.29, 1.82) is 0 Å². The first-order valence-electron chi connectivity index (χ1n) is 11.2. The van der Waals surface area contributed by atoms with Gasteiger partial charge in [-0.05, 0) is 32.1 Å². The van der Waals surface area contributed by atoms with Gasteiger partial charge in [0.1, 0.15) is 6.04 Å². The van der Waals surface area contributed by atoms with Crippen LogP contribution in [0.15, 0.2) is 0 Å². The molecule has 0 aromatic carbocycles. The molecule has 0 bridgehead atoms. The van der Waals surface area contributed by atoms with Gasteiger partial charge in [0.2, 0.25) is 11.8 Å². The zero-order valence-corrected chi connectivity index (χ0v) is 17.4. The van der Waals surface area contributed by atoms with E-state index in [-0.39, 0.29) is 54.2 Å². The summed E-state index contributed by atoms with van der Waals surface area (Å²) in [5.41, 5.74) is 0. The second kappa shape index (κ2) is 7.48. The first kappa shape index (κ1) is 19.7. The second-order valence-electron chi connectivity index (χ2n) is 9.51. The fourth-order valence-corrected chi connectivity index (χ4v) is 6.94. The smallest absolute Gasteiger partial charge is 0.228 e. The highest BCUT2D eigenvalue weighted by molar-refractivity contribution is 5.86. The van der Waals surface area contributed by atoms with Crippen molar-refractivity contribution < 1.29 is 29.1 Å². The lowest BCUT2D eigenvalue weighted by Crippen LogP contribution is -3.26. The minimum absolute atomic E-state index is 0.0298. The van der Waals surface area contributed by atoms with Gasteiger partial charge in [0, 0.05) is 45.8 Å². The molecule has 0 aromatic heterocycles. The number of rotatable bonds is 2. The van der Waals surface area contributed by atoms with Crippen LogP contribution in [0.4, 0.5) is 0 Å². The van der Waals surface area contributed by atoms with Gasteiger partial charge in [-0.1, -0.05) is 0 Å². The topological polar surface area (TPSA) is 86.6 Å². The van der Waals surface area contributed by atoms with Crippen molar-refractivity contribution in [2.75, 3.05) is 27.3 Å². The molecule has 2 amide bonds. The number of piperidine rings is 1. The SMILES string of the molecule is COC1CCC2C(C1)C(=O)N1CCCC1C1N2C(=O)C([O-])C2CC(OC)CC[NH+]21. The fourth-order valence-electron chi connectivity index (χ4n) is 6.94. The van der Waals surface area contributed by atoms with Crippen molar-refractivity contribution in [3.05, 3.63) is 0 Å². The Morgan fingerprint density at radius 1 is 0.966 bits per heavy atom. The summed E-state index contributed by atoms with van der Waals surface area (Å²) in [5.74, 6) is -0.359. The van der Waals surface area contributed by atoms with Crippen LogP contribution >= 0.6 is 0 Å². The molecule has 5 aliphatic rings. The Labute approximate surface area is 172 Å². The number of carbonyl (C=O) groups excluding carboxylic acids is 2. The van der Waals surface area contributed by atoms with Gasteiger partial charge in [-0.25, -0.2) is 0 Å². The number of quaternary nitrogens is 1. The van der Waals surface area contributed by atoms with E-state index < -0.39 is 6.10 Å². The lowest BCUT2D eigenvalue weighted by molar-refractivity contribution is -0.980. The number of fused-ring (bicyclic) bond motifs is 7. The number of methoxy groups -OCH3 is 2. The lowest BCUT2D eigenvalue weighted by Gasteiger charge is -2.56. The third-order valence-corrected chi connectivity index (χ3v) is 8.34. The molecular formula is C21H33N3O5. The van der Waals surface area contributed by atoms with E-state index in [1.165, 1.54) is 4.90 Å². The number of carbonyl (C=O) groups is 2. The molecule has 162 valence electrons. The van der Waals surface area contributed by atoms with Crippen LogP contribution in [0.25, 0.3) is 0 Å². The molecule has 1 N–H and O–H groups in total. The Balaban J connectivity index is 1.55. The molecule has 0 aromatic rings. The van der Waals surface area contributed by atoms with Crippen LogP contribution in [0.3, 0.4) is 0 Å². The van der Waals surface area contributed by atoms with Gasteiger partial charge >= 0.3 is 0 Å². The zero-order valence-electron chi connectivity index (χ0n) is 17.4. The summed E-state index contributed by atoms with van der Waals surface area (Å²) in [5, 5.41) is 13.2. The summed E-state index contributed by atoms with van der Waals surface area (Å²) in [6, 6.07) is -0.393. The van der Waals surface area contributed by atoms with Crippen molar-refractivity contribution >= 4 is 11.8 Å². The van der Waals surface area contributed by atoms with E-state index >= 15 is 0 Å². The van der Waals surface area contributed by atoms with E-state index in [0.717, 1.165) is 45.2 Å². The number of nitrogens with zero attached hydrogens (tertiary/aromatic N) is 2. The Hall–Kier alpha value is -1.22. The number of hydrogen-bond acceptors (Lipinski definition) is 5. The van der Waals surface area contributed by atoms with Crippen LogP contribution in [0.5, 0.6) is 0 Å². The van der Waals surface area contributed by atoms with E-state index in [9.17, 15) is 14.7 Å². The highest BCUT2D eigenvalue weighted by atomic mass is 16.5. The summed E-state index contributed by atoms with van der Waals surface area (Å²) < 4.78 is 11.1. The Kier molecular flexibility index (Phi) is 5.09. The second-order valence-corrected chi connectivity index (χ2v) is 9.51. The van der Waals surface area contributed by atoms with Crippen molar-refractivity contribution in [3.63, 3.8) is 0 Å². The molecule has 9 atom stereocenters. The number of nitrogens with one attached hydrogen (secondary N) is 1. The van der Waals surface area contributed by atoms with Crippen molar-refractivity contribution in [2.45, 2.75) is 87.5 Å². The standard InChI is InChI=1S/C21H32N3O5/c1-28-12-5-6-15-14(10-12)20(26)23-8-3-4-16(23)19-22-9-7-13(29-2)11-17(22)18(25)21(27)24(15)19/h12-19H,3-11H2,1-2H3/q-1/p+1. The molecule has 4 saturated heterocycles. The van der Waals surface area contributed by atoms with Crippen molar-refractivity contribution in [1.82, 2.24) is 9.80 Å². The Morgan fingerprint density at radius 3 is 2.48 bits per heavy atom. The molecule has 29 heavy (non-hydrogen) atoms. The van der Waals surface area contributed by atoms with Crippen LogP contribution in [-0.2, 0) is 19.1 Å². The molecule has 0 spiro atoms. The Morgan fingerprint density at radius 2 is 1.72 bits per heavy atom. The van der Waals surface area contributed by atoms with Gasteiger partial charge in [-0.3, -0.25) is 14.5 Å². The van der Waals surface area contributed by atoms with E-state index in [2.05, 4.69) is 0 Å². The van der Waals surface area contributed by atoms with E-state index in [0.29, 0.717) is 12.8 Å². The third-order valence-electron chi connectivity index (χ3n) is 8.34. The highest BCUT2D eigenvalue weighted by Gasteiger charge is 2.60. The summed E-state index contributed by atoms with van der Waals surface area (Å²) >= 11 is 0. The van der Waals surface area contributed by atoms with E-state index in [1.807, 2.05) is 9.80 Å². The molecule has 8 nitrogen and oxygen atoms in total. The molecule has 0 radical (unpaired) electrons. The van der Waals surface area contributed by atoms with Crippen molar-refractivity contribution in [2.24, 2.45) is 5.92 Å². The molecule has 9 unspecified atom stereocenters. The quantitative estimate of drug-likeness (QED) is 0.580. The first-order valence-corrected chi connectivity index (χ1v) is 11.2. The molecule has 5 rings (SSSR count). The number of amides is 2. The summed E-state index contributed by atoms with van der Waals surface area (Å²) in [6.07, 6.45) is 4.40. The number of hydrogen-bond donors (Lipinski definition) is 1. The van der Waals surface area contributed by atoms with Crippen LogP contribution in [0.1, 0.15) is 44.9 Å². The maximum Gasteiger partial charge on any atom is 0.228 e. The molecule has 5 fully saturated rings. The van der Waals surface area contributed by atoms with Gasteiger partial charge in [0.25, 0.3) is 0 Å². The van der Waals surface area contributed by atoms with Gasteiger partial charge in [0.05, 0.1) is 30.7 Å². The van der Waals surface area contributed by atoms with Crippen LogP contribution < -0.4 is 10.0 Å². The predicted molar refractivity (Wildman–Crippen MR) is 101 cm³/mol. The monoisotopic (exact) mass is 407 g/mol. The normalized spacial score (nSPS) is 47.2. The largest absolute Gasteiger partial charge is 0.841 e. The van der Waals surface area contributed by atoms with Crippen LogP contribution in [0.2, 0.25) is 0 Å². The van der Waals surface area contributed by atoms with Crippen molar-refractivity contribution in [3.8, 4) is 0 Å². The predicted octanol–water partition coefficient (Wildman–Crippen LogP) is -1.87. The fraction of sp³-hybridized carbons (Fsp3) is 0.905. The average Bonchev–Trinajstić information content (AvgIpc) is 3.21. The van der Waals surface area contributed by atoms with Gasteiger partial charge in [0.15, 0.2) is 6.17 Å². The molecule has 4 heterocycles. The minimum Gasteiger partial charge on any atom is -0.841 e. The van der Waals surface area contributed by atoms with Gasteiger partial charge in [-0.15, -0.1) is 0 Å². The summed E-state index contributed by atoms with van der Waals surface area (Å²) in [4.78, 5) is 32.2. The molecule has 8 heteroatoms.